The van der Waals surface area contributed by atoms with Crippen LogP contribution in [0.3, 0.4) is 0 Å². The summed E-state index contributed by atoms with van der Waals surface area (Å²) < 4.78 is 5.28. The number of rotatable bonds is 9. The summed E-state index contributed by atoms with van der Waals surface area (Å²) in [6.07, 6.45) is 1.61. The van der Waals surface area contributed by atoms with Crippen LogP contribution in [0.15, 0.2) is 64.1 Å². The Balaban J connectivity index is 0.00000341. The fourth-order valence-corrected chi connectivity index (χ4v) is 3.11. The molecule has 0 spiro atoms. The molecule has 166 valence electrons. The fraction of sp³-hybridized carbons (Fsp3) is 0.348. The van der Waals surface area contributed by atoms with Crippen molar-refractivity contribution in [2.24, 2.45) is 4.99 Å². The number of hydrogen-bond acceptors (Lipinski definition) is 5. The first-order valence-corrected chi connectivity index (χ1v) is 10.3. The number of aromatic nitrogens is 2. The molecule has 8 heteroatoms. The Labute approximate surface area is 200 Å². The van der Waals surface area contributed by atoms with Crippen LogP contribution in [0.1, 0.15) is 29.8 Å². The third-order valence-electron chi connectivity index (χ3n) is 4.92. The van der Waals surface area contributed by atoms with Gasteiger partial charge in [-0.25, -0.2) is 0 Å². The minimum Gasteiger partial charge on any atom is -0.396 e. The highest BCUT2D eigenvalue weighted by molar-refractivity contribution is 14.0. The van der Waals surface area contributed by atoms with Crippen molar-refractivity contribution in [3.63, 3.8) is 0 Å². The Hall–Kier alpha value is -2.46. The average Bonchev–Trinajstić information content (AvgIpc) is 3.29. The summed E-state index contributed by atoms with van der Waals surface area (Å²) >= 11 is 0. The lowest BCUT2D eigenvalue weighted by Crippen LogP contribution is -2.40. The maximum Gasteiger partial charge on any atom is 0.257 e. The van der Waals surface area contributed by atoms with Gasteiger partial charge in [-0.15, -0.1) is 24.0 Å². The topological polar surface area (TPSA) is 95.6 Å². The van der Waals surface area contributed by atoms with Crippen molar-refractivity contribution in [3.05, 3.63) is 71.5 Å². The van der Waals surface area contributed by atoms with E-state index in [0.717, 1.165) is 36.5 Å². The summed E-state index contributed by atoms with van der Waals surface area (Å²) in [5, 5.41) is 20.2. The van der Waals surface area contributed by atoms with E-state index < -0.39 is 0 Å². The molecule has 7 nitrogen and oxygen atoms in total. The summed E-state index contributed by atoms with van der Waals surface area (Å²) in [4.78, 5) is 8.63. The molecule has 0 amide bonds. The van der Waals surface area contributed by atoms with E-state index in [0.29, 0.717) is 18.3 Å². The van der Waals surface area contributed by atoms with Crippen LogP contribution in [0, 0.1) is 0 Å². The molecule has 1 unspecified atom stereocenters. The van der Waals surface area contributed by atoms with E-state index in [1.54, 1.807) is 7.05 Å². The maximum absolute atomic E-state index is 9.69. The van der Waals surface area contributed by atoms with Crippen molar-refractivity contribution < 1.29 is 9.63 Å². The van der Waals surface area contributed by atoms with Crippen LogP contribution in [0.25, 0.3) is 11.5 Å². The van der Waals surface area contributed by atoms with Crippen LogP contribution < -0.4 is 10.6 Å². The molecule has 3 rings (SSSR count). The molecule has 0 aliphatic carbocycles. The molecule has 3 aromatic rings. The molecule has 1 aromatic heterocycles. The van der Waals surface area contributed by atoms with Gasteiger partial charge in [-0.05, 0) is 29.7 Å². The molecule has 0 fully saturated rings. The number of nitrogens with zero attached hydrogens (tertiary/aromatic N) is 3. The van der Waals surface area contributed by atoms with Crippen molar-refractivity contribution >= 4 is 29.9 Å². The van der Waals surface area contributed by atoms with Crippen molar-refractivity contribution in [2.45, 2.75) is 25.7 Å². The summed E-state index contributed by atoms with van der Waals surface area (Å²) in [6, 6.07) is 18.1. The second kappa shape index (κ2) is 13.1. The Morgan fingerprint density at radius 2 is 1.84 bits per heavy atom. The van der Waals surface area contributed by atoms with Gasteiger partial charge in [-0.1, -0.05) is 54.5 Å². The van der Waals surface area contributed by atoms with E-state index in [2.05, 4.69) is 37.9 Å². The van der Waals surface area contributed by atoms with Gasteiger partial charge in [0, 0.05) is 38.0 Å². The Morgan fingerprint density at radius 3 is 2.45 bits per heavy atom. The van der Waals surface area contributed by atoms with Gasteiger partial charge >= 0.3 is 0 Å². The highest BCUT2D eigenvalue weighted by atomic mass is 127. The van der Waals surface area contributed by atoms with Crippen molar-refractivity contribution in [3.8, 4) is 11.5 Å². The van der Waals surface area contributed by atoms with Gasteiger partial charge in [-0.3, -0.25) is 4.99 Å². The van der Waals surface area contributed by atoms with Gasteiger partial charge in [-0.2, -0.15) is 4.98 Å². The van der Waals surface area contributed by atoms with Gasteiger partial charge in [0.25, 0.3) is 5.89 Å². The summed E-state index contributed by atoms with van der Waals surface area (Å²) in [5.74, 6) is 2.01. The quantitative estimate of drug-likeness (QED) is 0.221. The van der Waals surface area contributed by atoms with Gasteiger partial charge in [0.1, 0.15) is 0 Å². The van der Waals surface area contributed by atoms with Gasteiger partial charge < -0.3 is 20.3 Å². The Morgan fingerprint density at radius 1 is 1.10 bits per heavy atom. The van der Waals surface area contributed by atoms with Crippen molar-refractivity contribution in [1.82, 2.24) is 20.8 Å². The molecule has 3 N–H and O–H groups in total. The monoisotopic (exact) mass is 535 g/mol. The number of benzene rings is 2. The van der Waals surface area contributed by atoms with E-state index >= 15 is 0 Å². The lowest BCUT2D eigenvalue weighted by Gasteiger charge is -2.18. The molecular weight excluding hydrogens is 505 g/mol. The molecule has 0 saturated heterocycles. The zero-order valence-corrected chi connectivity index (χ0v) is 20.2. The highest BCUT2D eigenvalue weighted by Crippen LogP contribution is 2.18. The van der Waals surface area contributed by atoms with Crippen LogP contribution >= 0.6 is 24.0 Å². The minimum atomic E-state index is 0. The number of aryl methyl sites for hydroxylation is 1. The van der Waals surface area contributed by atoms with Crippen molar-refractivity contribution in [2.75, 3.05) is 26.7 Å². The minimum absolute atomic E-state index is 0. The largest absolute Gasteiger partial charge is 0.396 e. The van der Waals surface area contributed by atoms with Gasteiger partial charge in [0.2, 0.25) is 0 Å². The number of aliphatic hydroxyl groups is 1. The number of aliphatic imine (C=N–C) groups is 1. The van der Waals surface area contributed by atoms with E-state index in [1.807, 2.05) is 49.4 Å². The van der Waals surface area contributed by atoms with Crippen LogP contribution in [0.2, 0.25) is 0 Å². The lowest BCUT2D eigenvalue weighted by atomic mass is 10.0. The molecule has 0 aliphatic heterocycles. The zero-order chi connectivity index (χ0) is 21.2. The molecular formula is C23H30IN5O2. The van der Waals surface area contributed by atoms with Crippen LogP contribution in [0.4, 0.5) is 0 Å². The molecule has 0 radical (unpaired) electrons. The first-order valence-electron chi connectivity index (χ1n) is 10.3. The van der Waals surface area contributed by atoms with E-state index in [1.165, 1.54) is 5.56 Å². The number of halogens is 1. The highest BCUT2D eigenvalue weighted by Gasteiger charge is 2.11. The fourth-order valence-electron chi connectivity index (χ4n) is 3.11. The van der Waals surface area contributed by atoms with Gasteiger partial charge in [0.15, 0.2) is 11.8 Å². The van der Waals surface area contributed by atoms with Crippen molar-refractivity contribution in [1.29, 1.82) is 0 Å². The summed E-state index contributed by atoms with van der Waals surface area (Å²) in [7, 11) is 1.75. The van der Waals surface area contributed by atoms with Crippen LogP contribution in [-0.2, 0) is 12.8 Å². The molecule has 31 heavy (non-hydrogen) atoms. The molecule has 1 atom stereocenters. The van der Waals surface area contributed by atoms with E-state index in [-0.39, 0.29) is 36.5 Å². The predicted molar refractivity (Wildman–Crippen MR) is 134 cm³/mol. The van der Waals surface area contributed by atoms with E-state index in [9.17, 15) is 5.11 Å². The molecule has 0 bridgehead atoms. The van der Waals surface area contributed by atoms with Crippen LogP contribution in [-0.4, -0.2) is 48.0 Å². The molecule has 0 saturated carbocycles. The number of guanidine groups is 1. The smallest absolute Gasteiger partial charge is 0.257 e. The number of aliphatic hydroxyl groups excluding tert-OH is 1. The third kappa shape index (κ3) is 7.32. The first kappa shape index (κ1) is 24.8. The predicted octanol–water partition coefficient (Wildman–Crippen LogP) is 3.40. The Kier molecular flexibility index (Phi) is 10.5. The maximum atomic E-state index is 9.69. The summed E-state index contributed by atoms with van der Waals surface area (Å²) in [6.45, 7) is 3.44. The lowest BCUT2D eigenvalue weighted by molar-refractivity contribution is 0.265. The number of hydrogen-bond donors (Lipinski definition) is 3. The standard InChI is InChI=1S/C23H29N5O2.HI/c1-3-21-27-22(30-28-21)19-11-9-17(10-12-19)13-14-25-23(24-2)26-15-20(16-29)18-7-5-4-6-8-18;/h4-12,20,29H,3,13-16H2,1-2H3,(H2,24,25,26);1H. The van der Waals surface area contributed by atoms with Crippen LogP contribution in [0.5, 0.6) is 0 Å². The first-order chi connectivity index (χ1) is 14.7. The molecule has 1 heterocycles. The molecule has 2 aromatic carbocycles. The average molecular weight is 535 g/mol. The second-order valence-electron chi connectivity index (χ2n) is 6.99. The number of nitrogens with one attached hydrogen (secondary N) is 2. The Bertz CT molecular complexity index is 929. The zero-order valence-electron chi connectivity index (χ0n) is 17.9. The summed E-state index contributed by atoms with van der Waals surface area (Å²) in [5.41, 5.74) is 3.23. The van der Waals surface area contributed by atoms with Gasteiger partial charge in [0.05, 0.1) is 6.61 Å². The normalized spacial score (nSPS) is 12.2. The SMILES string of the molecule is CCc1noc(-c2ccc(CCNC(=NC)NCC(CO)c3ccccc3)cc2)n1.I. The third-order valence-corrected chi connectivity index (χ3v) is 4.92. The second-order valence-corrected chi connectivity index (χ2v) is 6.99. The van der Waals surface area contributed by atoms with E-state index in [4.69, 9.17) is 4.52 Å². The molecule has 0 aliphatic rings.